The standard InChI is InChI=1S/C21H24N4O2/c1-2-5-15-7-8-16(27-15)14-25-12-9-17-18(10-13-25)23-20(24-21(17)26)19-6-3-4-11-22-19/h3-4,6-8,11H,2,5,9-10,12-14H2,1H3,(H,23,24,26). The highest BCUT2D eigenvalue weighted by Crippen LogP contribution is 2.18. The van der Waals surface area contributed by atoms with Gasteiger partial charge in [-0.15, -0.1) is 0 Å². The number of rotatable bonds is 5. The van der Waals surface area contributed by atoms with Crippen LogP contribution in [0.1, 0.15) is 36.1 Å². The van der Waals surface area contributed by atoms with Crippen LogP contribution in [0.3, 0.4) is 0 Å². The van der Waals surface area contributed by atoms with Crippen LogP contribution in [0.2, 0.25) is 0 Å². The molecule has 1 N–H and O–H groups in total. The molecule has 0 aromatic carbocycles. The molecular weight excluding hydrogens is 340 g/mol. The number of furan rings is 1. The molecule has 27 heavy (non-hydrogen) atoms. The van der Waals surface area contributed by atoms with E-state index in [0.717, 1.165) is 61.7 Å². The summed E-state index contributed by atoms with van der Waals surface area (Å²) in [7, 11) is 0. The average molecular weight is 364 g/mol. The number of fused-ring (bicyclic) bond motifs is 1. The van der Waals surface area contributed by atoms with Crippen molar-refractivity contribution in [3.8, 4) is 11.5 Å². The molecule has 4 rings (SSSR count). The Morgan fingerprint density at radius 2 is 2.00 bits per heavy atom. The van der Waals surface area contributed by atoms with Gasteiger partial charge in [-0.25, -0.2) is 4.98 Å². The van der Waals surface area contributed by atoms with Crippen LogP contribution in [-0.2, 0) is 25.8 Å². The normalized spacial score (nSPS) is 14.7. The molecule has 0 amide bonds. The zero-order valence-corrected chi connectivity index (χ0v) is 15.6. The van der Waals surface area contributed by atoms with Crippen LogP contribution in [0, 0.1) is 0 Å². The van der Waals surface area contributed by atoms with Crippen LogP contribution in [0.5, 0.6) is 0 Å². The number of aromatic nitrogens is 3. The molecule has 0 radical (unpaired) electrons. The molecule has 0 atom stereocenters. The predicted octanol–water partition coefficient (Wildman–Crippen LogP) is 2.98. The van der Waals surface area contributed by atoms with Gasteiger partial charge in [0, 0.05) is 37.7 Å². The Morgan fingerprint density at radius 1 is 1.15 bits per heavy atom. The lowest BCUT2D eigenvalue weighted by molar-refractivity contribution is 0.252. The van der Waals surface area contributed by atoms with Crippen LogP contribution >= 0.6 is 0 Å². The lowest BCUT2D eigenvalue weighted by Crippen LogP contribution is -2.26. The third kappa shape index (κ3) is 4.01. The zero-order valence-electron chi connectivity index (χ0n) is 15.6. The topological polar surface area (TPSA) is 75.0 Å². The van der Waals surface area contributed by atoms with Crippen LogP contribution in [0.15, 0.2) is 45.7 Å². The van der Waals surface area contributed by atoms with Gasteiger partial charge < -0.3 is 9.40 Å². The highest BCUT2D eigenvalue weighted by atomic mass is 16.3. The molecule has 1 aliphatic rings. The van der Waals surface area contributed by atoms with Crippen LogP contribution in [0.25, 0.3) is 11.5 Å². The van der Waals surface area contributed by atoms with E-state index in [-0.39, 0.29) is 5.56 Å². The van der Waals surface area contributed by atoms with E-state index in [1.165, 1.54) is 0 Å². The van der Waals surface area contributed by atoms with Gasteiger partial charge in [0.1, 0.15) is 17.2 Å². The third-order valence-corrected chi connectivity index (χ3v) is 4.94. The van der Waals surface area contributed by atoms with Gasteiger partial charge in [0.25, 0.3) is 5.56 Å². The number of aryl methyl sites for hydroxylation is 1. The van der Waals surface area contributed by atoms with E-state index in [1.54, 1.807) is 6.20 Å². The van der Waals surface area contributed by atoms with Crippen molar-refractivity contribution in [3.05, 3.63) is 69.7 Å². The summed E-state index contributed by atoms with van der Waals surface area (Å²) < 4.78 is 5.91. The Bertz CT molecular complexity index is 962. The largest absolute Gasteiger partial charge is 0.465 e. The van der Waals surface area contributed by atoms with E-state index in [9.17, 15) is 4.79 Å². The number of hydrogen-bond acceptors (Lipinski definition) is 5. The molecule has 0 saturated heterocycles. The molecule has 4 heterocycles. The Morgan fingerprint density at radius 3 is 2.81 bits per heavy atom. The van der Waals surface area contributed by atoms with E-state index >= 15 is 0 Å². The lowest BCUT2D eigenvalue weighted by atomic mass is 10.1. The molecule has 140 valence electrons. The Hall–Kier alpha value is -2.73. The molecule has 6 heteroatoms. The predicted molar refractivity (Wildman–Crippen MR) is 103 cm³/mol. The fourth-order valence-corrected chi connectivity index (χ4v) is 3.55. The minimum absolute atomic E-state index is 0.0502. The van der Waals surface area contributed by atoms with Crippen molar-refractivity contribution in [1.82, 2.24) is 19.9 Å². The Labute approximate surface area is 158 Å². The highest BCUT2D eigenvalue weighted by Gasteiger charge is 2.20. The van der Waals surface area contributed by atoms with Crippen molar-refractivity contribution >= 4 is 0 Å². The van der Waals surface area contributed by atoms with E-state index < -0.39 is 0 Å². The second kappa shape index (κ2) is 7.88. The Balaban J connectivity index is 1.50. The quantitative estimate of drug-likeness (QED) is 0.753. The maximum atomic E-state index is 12.6. The van der Waals surface area contributed by atoms with Crippen molar-refractivity contribution in [2.45, 2.75) is 39.2 Å². The van der Waals surface area contributed by atoms with E-state index in [0.29, 0.717) is 17.9 Å². The Kier molecular flexibility index (Phi) is 5.16. The molecule has 0 saturated carbocycles. The molecular formula is C21H24N4O2. The first-order valence-electron chi connectivity index (χ1n) is 9.56. The molecule has 3 aromatic rings. The first-order valence-corrected chi connectivity index (χ1v) is 9.56. The molecule has 1 aliphatic heterocycles. The summed E-state index contributed by atoms with van der Waals surface area (Å²) in [4.78, 5) is 26.8. The minimum Gasteiger partial charge on any atom is -0.465 e. The summed E-state index contributed by atoms with van der Waals surface area (Å²) >= 11 is 0. The number of H-pyrrole nitrogens is 1. The van der Waals surface area contributed by atoms with Crippen LogP contribution < -0.4 is 5.56 Å². The second-order valence-electron chi connectivity index (χ2n) is 6.95. The molecule has 0 fully saturated rings. The van der Waals surface area contributed by atoms with Crippen molar-refractivity contribution in [2.75, 3.05) is 13.1 Å². The lowest BCUT2D eigenvalue weighted by Gasteiger charge is -2.17. The molecule has 6 nitrogen and oxygen atoms in total. The highest BCUT2D eigenvalue weighted by molar-refractivity contribution is 5.49. The minimum atomic E-state index is -0.0502. The first-order chi connectivity index (χ1) is 13.2. The van der Waals surface area contributed by atoms with Crippen molar-refractivity contribution in [3.63, 3.8) is 0 Å². The first kappa shape index (κ1) is 17.7. The fraction of sp³-hybridized carbons (Fsp3) is 0.381. The SMILES string of the molecule is CCCc1ccc(CN2CCc3nc(-c4ccccn4)[nH]c(=O)c3CC2)o1. The van der Waals surface area contributed by atoms with Gasteiger partial charge in [0.05, 0.1) is 12.2 Å². The number of nitrogens with one attached hydrogen (secondary N) is 1. The van der Waals surface area contributed by atoms with E-state index in [2.05, 4.69) is 33.9 Å². The molecule has 0 spiro atoms. The van der Waals surface area contributed by atoms with Crippen molar-refractivity contribution < 1.29 is 4.42 Å². The van der Waals surface area contributed by atoms with Crippen molar-refractivity contribution in [1.29, 1.82) is 0 Å². The summed E-state index contributed by atoms with van der Waals surface area (Å²) in [6, 6.07) is 9.73. The molecule has 0 aliphatic carbocycles. The van der Waals surface area contributed by atoms with Gasteiger partial charge in [-0.1, -0.05) is 13.0 Å². The van der Waals surface area contributed by atoms with Crippen molar-refractivity contribution in [2.24, 2.45) is 0 Å². The fourth-order valence-electron chi connectivity index (χ4n) is 3.55. The van der Waals surface area contributed by atoms with Gasteiger partial charge in [-0.2, -0.15) is 0 Å². The number of nitrogens with zero attached hydrogens (tertiary/aromatic N) is 3. The van der Waals surface area contributed by atoms with E-state index in [1.807, 2.05) is 18.2 Å². The van der Waals surface area contributed by atoms with Gasteiger partial charge in [-0.05, 0) is 37.1 Å². The van der Waals surface area contributed by atoms with Gasteiger partial charge in [-0.3, -0.25) is 14.7 Å². The molecule has 0 bridgehead atoms. The maximum absolute atomic E-state index is 12.6. The van der Waals surface area contributed by atoms with Gasteiger partial charge >= 0.3 is 0 Å². The number of aromatic amines is 1. The smallest absolute Gasteiger partial charge is 0.254 e. The molecule has 3 aromatic heterocycles. The van der Waals surface area contributed by atoms with E-state index in [4.69, 9.17) is 9.40 Å². The summed E-state index contributed by atoms with van der Waals surface area (Å²) in [6.07, 6.45) is 5.21. The summed E-state index contributed by atoms with van der Waals surface area (Å²) in [5.74, 6) is 2.58. The summed E-state index contributed by atoms with van der Waals surface area (Å²) in [5.41, 5.74) is 2.32. The third-order valence-electron chi connectivity index (χ3n) is 4.94. The second-order valence-corrected chi connectivity index (χ2v) is 6.95. The van der Waals surface area contributed by atoms with Crippen LogP contribution in [0.4, 0.5) is 0 Å². The summed E-state index contributed by atoms with van der Waals surface area (Å²) in [6.45, 7) is 4.60. The van der Waals surface area contributed by atoms with Crippen LogP contribution in [-0.4, -0.2) is 32.9 Å². The zero-order chi connectivity index (χ0) is 18.6. The maximum Gasteiger partial charge on any atom is 0.254 e. The average Bonchev–Trinajstić information content (AvgIpc) is 3.01. The molecule has 0 unspecified atom stereocenters. The number of pyridine rings is 1. The number of hydrogen-bond donors (Lipinski definition) is 1. The monoisotopic (exact) mass is 364 g/mol. The summed E-state index contributed by atoms with van der Waals surface area (Å²) in [5, 5.41) is 0. The van der Waals surface area contributed by atoms with Gasteiger partial charge in [0.15, 0.2) is 5.82 Å². The van der Waals surface area contributed by atoms with Gasteiger partial charge in [0.2, 0.25) is 0 Å².